The largest absolute Gasteiger partial charge is 0.396 e. The molecule has 0 amide bonds. The molecular formula is C6H9N3O3. The van der Waals surface area contributed by atoms with E-state index in [2.05, 4.69) is 0 Å². The second-order valence-corrected chi connectivity index (χ2v) is 2.67. The molecule has 0 radical (unpaired) electrons. The summed E-state index contributed by atoms with van der Waals surface area (Å²) in [4.78, 5) is 9.66. The van der Waals surface area contributed by atoms with Crippen molar-refractivity contribution in [2.45, 2.75) is 12.1 Å². The van der Waals surface area contributed by atoms with Gasteiger partial charge in [0.1, 0.15) is 5.72 Å². The smallest absolute Gasteiger partial charge is 0.287 e. The van der Waals surface area contributed by atoms with Gasteiger partial charge in [-0.1, -0.05) is 0 Å². The van der Waals surface area contributed by atoms with Crippen LogP contribution in [0.25, 0.3) is 0 Å². The first-order valence-electron chi connectivity index (χ1n) is 3.26. The molecule has 0 bridgehead atoms. The lowest BCUT2D eigenvalue weighted by molar-refractivity contribution is -0.421. The molecule has 0 saturated carbocycles. The van der Waals surface area contributed by atoms with Crippen LogP contribution in [0.15, 0.2) is 23.5 Å². The molecule has 6 nitrogen and oxygen atoms in total. The summed E-state index contributed by atoms with van der Waals surface area (Å²) >= 11 is 0. The first kappa shape index (κ1) is 8.69. The number of nitrogens with zero attached hydrogens (tertiary/aromatic N) is 1. The van der Waals surface area contributed by atoms with E-state index < -0.39 is 10.6 Å². The summed E-state index contributed by atoms with van der Waals surface area (Å²) in [5.41, 5.74) is 8.80. The van der Waals surface area contributed by atoms with E-state index in [1.807, 2.05) is 0 Å². The zero-order valence-corrected chi connectivity index (χ0v) is 6.23. The van der Waals surface area contributed by atoms with Gasteiger partial charge in [-0.3, -0.25) is 15.8 Å². The Morgan fingerprint density at radius 1 is 1.75 bits per heavy atom. The van der Waals surface area contributed by atoms with Gasteiger partial charge in [-0.2, -0.15) is 0 Å². The second kappa shape index (κ2) is 2.58. The summed E-state index contributed by atoms with van der Waals surface area (Å²) in [6.07, 6.45) is 2.15. The molecule has 0 fully saturated rings. The molecule has 0 aromatic rings. The summed E-state index contributed by atoms with van der Waals surface area (Å²) in [6, 6.07) is 0. The molecule has 1 unspecified atom stereocenters. The lowest BCUT2D eigenvalue weighted by Crippen LogP contribution is -2.40. The van der Waals surface area contributed by atoms with Crippen LogP contribution in [0.1, 0.15) is 6.42 Å². The average Bonchev–Trinajstić information content (AvgIpc) is 1.83. The summed E-state index contributed by atoms with van der Waals surface area (Å²) in [5, 5.41) is 19.5. The number of nitrogens with two attached hydrogens (primary N) is 2. The van der Waals surface area contributed by atoms with Crippen LogP contribution < -0.4 is 11.5 Å². The van der Waals surface area contributed by atoms with Gasteiger partial charge < -0.3 is 10.8 Å². The van der Waals surface area contributed by atoms with Crippen molar-refractivity contribution in [3.8, 4) is 0 Å². The monoisotopic (exact) mass is 171 g/mol. The van der Waals surface area contributed by atoms with Crippen LogP contribution in [0, 0.1) is 10.1 Å². The van der Waals surface area contributed by atoms with Crippen molar-refractivity contribution in [2.75, 3.05) is 0 Å². The van der Waals surface area contributed by atoms with Crippen LogP contribution in [0.4, 0.5) is 0 Å². The van der Waals surface area contributed by atoms with E-state index in [9.17, 15) is 15.2 Å². The Kier molecular flexibility index (Phi) is 1.87. The van der Waals surface area contributed by atoms with E-state index in [4.69, 9.17) is 11.5 Å². The minimum Gasteiger partial charge on any atom is -0.396 e. The highest BCUT2D eigenvalue weighted by Gasteiger charge is 2.28. The maximum absolute atomic E-state index is 10.3. The Balaban J connectivity index is 2.95. The predicted octanol–water partition coefficient (Wildman–Crippen LogP) is -0.959. The Hall–Kier alpha value is -1.40. The fraction of sp³-hybridized carbons (Fsp3) is 0.333. The predicted molar refractivity (Wildman–Crippen MR) is 41.1 cm³/mol. The van der Waals surface area contributed by atoms with Crippen LogP contribution in [0.5, 0.6) is 0 Å². The van der Waals surface area contributed by atoms with Crippen LogP contribution in [0.3, 0.4) is 0 Å². The molecule has 6 heteroatoms. The van der Waals surface area contributed by atoms with Crippen LogP contribution in [0.2, 0.25) is 0 Å². The van der Waals surface area contributed by atoms with Gasteiger partial charge in [0.05, 0.1) is 10.6 Å². The van der Waals surface area contributed by atoms with Crippen molar-refractivity contribution < 1.29 is 10.0 Å². The zero-order chi connectivity index (χ0) is 9.35. The molecule has 0 aromatic heterocycles. The highest BCUT2D eigenvalue weighted by atomic mass is 16.6. The Bertz CT molecular complexity index is 280. The van der Waals surface area contributed by atoms with Crippen molar-refractivity contribution in [3.63, 3.8) is 0 Å². The molecule has 0 spiro atoms. The first-order chi connectivity index (χ1) is 5.42. The van der Waals surface area contributed by atoms with Gasteiger partial charge in [0.25, 0.3) is 5.70 Å². The molecule has 5 N–H and O–H groups in total. The van der Waals surface area contributed by atoms with Crippen molar-refractivity contribution in [1.29, 1.82) is 0 Å². The number of hydrogen-bond donors (Lipinski definition) is 3. The van der Waals surface area contributed by atoms with Gasteiger partial charge in [-0.05, 0) is 6.08 Å². The van der Waals surface area contributed by atoms with Crippen molar-refractivity contribution >= 4 is 0 Å². The third-order valence-corrected chi connectivity index (χ3v) is 1.53. The number of aliphatic hydroxyl groups is 1. The van der Waals surface area contributed by atoms with Crippen LogP contribution in [-0.2, 0) is 0 Å². The minimum absolute atomic E-state index is 0.00694. The lowest BCUT2D eigenvalue weighted by Gasteiger charge is -2.21. The second-order valence-electron chi connectivity index (χ2n) is 2.67. The van der Waals surface area contributed by atoms with E-state index in [0.717, 1.165) is 12.2 Å². The molecule has 0 aliphatic heterocycles. The van der Waals surface area contributed by atoms with Crippen LogP contribution in [-0.4, -0.2) is 15.8 Å². The number of nitro groups is 1. The normalized spacial score (nSPS) is 29.2. The zero-order valence-electron chi connectivity index (χ0n) is 6.23. The summed E-state index contributed by atoms with van der Waals surface area (Å²) in [5.74, 6) is 0. The van der Waals surface area contributed by atoms with Gasteiger partial charge in [0.15, 0.2) is 0 Å². The third kappa shape index (κ3) is 1.60. The molecule has 66 valence electrons. The Morgan fingerprint density at radius 3 is 2.75 bits per heavy atom. The molecule has 0 saturated heterocycles. The average molecular weight is 171 g/mol. The van der Waals surface area contributed by atoms with Crippen molar-refractivity contribution in [3.05, 3.63) is 33.7 Å². The maximum Gasteiger partial charge on any atom is 0.287 e. The Morgan fingerprint density at radius 2 is 2.33 bits per heavy atom. The number of allylic oxidation sites excluding steroid dienone is 1. The molecule has 1 aliphatic rings. The van der Waals surface area contributed by atoms with Gasteiger partial charge in [0, 0.05) is 12.5 Å². The van der Waals surface area contributed by atoms with E-state index in [0.29, 0.717) is 0 Å². The number of rotatable bonds is 1. The highest BCUT2D eigenvalue weighted by molar-refractivity contribution is 5.26. The van der Waals surface area contributed by atoms with Gasteiger partial charge in [0.2, 0.25) is 0 Å². The molecule has 12 heavy (non-hydrogen) atoms. The van der Waals surface area contributed by atoms with Gasteiger partial charge in [-0.15, -0.1) is 0 Å². The highest BCUT2D eigenvalue weighted by Crippen LogP contribution is 2.19. The molecule has 0 heterocycles. The van der Waals surface area contributed by atoms with Crippen LogP contribution >= 0.6 is 0 Å². The minimum atomic E-state index is -1.55. The summed E-state index contributed by atoms with van der Waals surface area (Å²) in [6.45, 7) is 0. The quantitative estimate of drug-likeness (QED) is 0.267. The van der Waals surface area contributed by atoms with Gasteiger partial charge in [-0.25, -0.2) is 0 Å². The van der Waals surface area contributed by atoms with E-state index >= 15 is 0 Å². The van der Waals surface area contributed by atoms with E-state index in [1.54, 1.807) is 0 Å². The molecule has 0 aromatic carbocycles. The Labute approximate surface area is 68.3 Å². The summed E-state index contributed by atoms with van der Waals surface area (Å²) < 4.78 is 0. The first-order valence-corrected chi connectivity index (χ1v) is 3.26. The molecular weight excluding hydrogens is 162 g/mol. The fourth-order valence-electron chi connectivity index (χ4n) is 0.963. The topological polar surface area (TPSA) is 115 Å². The lowest BCUT2D eigenvalue weighted by atomic mass is 10.0. The SMILES string of the molecule is NC1=C([N+](=O)[O-])C=CC(N)(O)C1. The fourth-order valence-corrected chi connectivity index (χ4v) is 0.963. The summed E-state index contributed by atoms with van der Waals surface area (Å²) in [7, 11) is 0. The van der Waals surface area contributed by atoms with Gasteiger partial charge >= 0.3 is 0 Å². The maximum atomic E-state index is 10.3. The third-order valence-electron chi connectivity index (χ3n) is 1.53. The van der Waals surface area contributed by atoms with E-state index in [1.165, 1.54) is 0 Å². The molecule has 1 rings (SSSR count). The van der Waals surface area contributed by atoms with Crippen molar-refractivity contribution in [2.24, 2.45) is 11.5 Å². The molecule has 1 aliphatic carbocycles. The van der Waals surface area contributed by atoms with Crippen molar-refractivity contribution in [1.82, 2.24) is 0 Å². The standard InChI is InChI=1S/C6H9N3O3/c7-4-3-6(8,10)2-1-5(4)9(11)12/h1-2,10H,3,7-8H2. The van der Waals surface area contributed by atoms with E-state index in [-0.39, 0.29) is 17.8 Å². The number of hydrogen-bond acceptors (Lipinski definition) is 5. The molecule has 1 atom stereocenters.